The molecular formula is C37H51ClN4O5. The molecule has 10 heteroatoms. The summed E-state index contributed by atoms with van der Waals surface area (Å²) in [6, 6.07) is 9.37. The number of aryl methyl sites for hydroxylation is 1. The standard InChI is InChI=1S/C37H51ClN4O5/c1-24(2)46-35(43)34(47-36(4,5)6)32-25(3)39-23-28(33(32)42-17-15-37(7,8)16-18-42)29-13-12-27(22-40-29)41(9)19-20-45-30-14-11-26(38)21-31(30)44-10/h11-14,21-24,34H,15-20H2,1-10H3/t34-/m0/s1. The number of carbonyl (C=O) groups is 1. The highest BCUT2D eigenvalue weighted by Gasteiger charge is 2.37. The Bertz CT molecular complexity index is 1510. The Morgan fingerprint density at radius 3 is 2.36 bits per heavy atom. The molecule has 1 aliphatic heterocycles. The van der Waals surface area contributed by atoms with Crippen LogP contribution in [0.2, 0.25) is 5.02 Å². The highest BCUT2D eigenvalue weighted by molar-refractivity contribution is 6.30. The second-order valence-electron chi connectivity index (χ2n) is 14.2. The lowest BCUT2D eigenvalue weighted by Gasteiger charge is -2.41. The molecule has 0 amide bonds. The topological polar surface area (TPSA) is 86.2 Å². The monoisotopic (exact) mass is 666 g/mol. The second-order valence-corrected chi connectivity index (χ2v) is 14.7. The number of nitrogens with zero attached hydrogens (tertiary/aromatic N) is 4. The SMILES string of the molecule is COc1cc(Cl)ccc1OCCN(C)c1ccc(-c2cnc(C)c([C@H](OC(C)(C)C)C(=O)OC(C)C)c2N2CCC(C)(C)CC2)nc1. The fraction of sp³-hybridized carbons (Fsp3) is 0.541. The van der Waals surface area contributed by atoms with Crippen molar-refractivity contribution >= 4 is 28.9 Å². The van der Waals surface area contributed by atoms with E-state index < -0.39 is 17.7 Å². The van der Waals surface area contributed by atoms with Crippen molar-refractivity contribution in [2.45, 2.75) is 86.0 Å². The summed E-state index contributed by atoms with van der Waals surface area (Å²) in [5, 5.41) is 0.591. The van der Waals surface area contributed by atoms with E-state index in [4.69, 9.17) is 40.5 Å². The molecule has 0 aliphatic carbocycles. The predicted octanol–water partition coefficient (Wildman–Crippen LogP) is 8.06. The summed E-state index contributed by atoms with van der Waals surface area (Å²) in [6.45, 7) is 18.9. The molecule has 3 aromatic rings. The molecule has 4 rings (SSSR count). The number of benzene rings is 1. The quantitative estimate of drug-likeness (QED) is 0.178. The molecule has 1 atom stereocenters. The van der Waals surface area contributed by atoms with E-state index in [1.165, 1.54) is 0 Å². The molecule has 1 aliphatic rings. The van der Waals surface area contributed by atoms with Gasteiger partial charge in [-0.15, -0.1) is 0 Å². The molecule has 256 valence electrons. The molecule has 47 heavy (non-hydrogen) atoms. The van der Waals surface area contributed by atoms with Crippen LogP contribution in [-0.2, 0) is 14.3 Å². The van der Waals surface area contributed by atoms with Crippen LogP contribution in [0, 0.1) is 12.3 Å². The fourth-order valence-corrected chi connectivity index (χ4v) is 5.77. The number of hydrogen-bond donors (Lipinski definition) is 0. The van der Waals surface area contributed by atoms with Gasteiger partial charge in [-0.3, -0.25) is 9.97 Å². The largest absolute Gasteiger partial charge is 0.493 e. The van der Waals surface area contributed by atoms with E-state index in [1.807, 2.05) is 79.2 Å². The molecule has 1 fully saturated rings. The van der Waals surface area contributed by atoms with Crippen LogP contribution in [0.25, 0.3) is 11.3 Å². The van der Waals surface area contributed by atoms with Crippen LogP contribution in [0.5, 0.6) is 11.5 Å². The smallest absolute Gasteiger partial charge is 0.340 e. The number of ether oxygens (including phenoxy) is 4. The van der Waals surface area contributed by atoms with Crippen molar-refractivity contribution in [2.24, 2.45) is 5.41 Å². The number of likely N-dealkylation sites (N-methyl/N-ethyl adjacent to an activating group) is 1. The highest BCUT2D eigenvalue weighted by Crippen LogP contribution is 2.43. The molecule has 1 aromatic carbocycles. The minimum atomic E-state index is -0.945. The van der Waals surface area contributed by atoms with Crippen LogP contribution >= 0.6 is 11.6 Å². The normalized spacial score (nSPS) is 15.4. The van der Waals surface area contributed by atoms with Gasteiger partial charge in [0.25, 0.3) is 0 Å². The molecule has 3 heterocycles. The van der Waals surface area contributed by atoms with Gasteiger partial charge in [-0.25, -0.2) is 4.79 Å². The Balaban J connectivity index is 1.67. The third-order valence-corrected chi connectivity index (χ3v) is 8.53. The maximum Gasteiger partial charge on any atom is 0.340 e. The van der Waals surface area contributed by atoms with Gasteiger partial charge in [0.05, 0.1) is 48.6 Å². The summed E-state index contributed by atoms with van der Waals surface area (Å²) in [5.74, 6) is 0.818. The maximum absolute atomic E-state index is 13.7. The number of anilines is 2. The van der Waals surface area contributed by atoms with E-state index in [0.29, 0.717) is 29.7 Å². The Kier molecular flexibility index (Phi) is 11.7. The van der Waals surface area contributed by atoms with Crippen LogP contribution in [0.1, 0.15) is 78.7 Å². The fourth-order valence-electron chi connectivity index (χ4n) is 5.61. The van der Waals surface area contributed by atoms with E-state index in [1.54, 1.807) is 19.2 Å². The van der Waals surface area contributed by atoms with Gasteiger partial charge in [0.15, 0.2) is 17.6 Å². The van der Waals surface area contributed by atoms with Crippen molar-refractivity contribution in [1.82, 2.24) is 9.97 Å². The van der Waals surface area contributed by atoms with Crippen molar-refractivity contribution in [3.05, 3.63) is 59.0 Å². The number of rotatable bonds is 12. The lowest BCUT2D eigenvalue weighted by Crippen LogP contribution is -2.39. The van der Waals surface area contributed by atoms with E-state index in [0.717, 1.165) is 59.8 Å². The molecule has 0 N–H and O–H groups in total. The van der Waals surface area contributed by atoms with Crippen molar-refractivity contribution in [1.29, 1.82) is 0 Å². The zero-order valence-electron chi connectivity index (χ0n) is 29.6. The van der Waals surface area contributed by atoms with E-state index in [-0.39, 0.29) is 11.5 Å². The molecule has 1 saturated heterocycles. The van der Waals surface area contributed by atoms with Gasteiger partial charge in [-0.2, -0.15) is 0 Å². The first-order valence-electron chi connectivity index (χ1n) is 16.3. The predicted molar refractivity (Wildman–Crippen MR) is 189 cm³/mol. The summed E-state index contributed by atoms with van der Waals surface area (Å²) in [5.41, 5.74) is 4.61. The first kappa shape index (κ1) is 36.3. The van der Waals surface area contributed by atoms with Gasteiger partial charge in [0.2, 0.25) is 0 Å². The Hall–Kier alpha value is -3.56. The molecule has 2 aromatic heterocycles. The molecule has 0 spiro atoms. The lowest BCUT2D eigenvalue weighted by atomic mass is 9.82. The van der Waals surface area contributed by atoms with Crippen LogP contribution in [0.15, 0.2) is 42.7 Å². The van der Waals surface area contributed by atoms with Crippen molar-refractivity contribution in [3.63, 3.8) is 0 Å². The average molecular weight is 667 g/mol. The third kappa shape index (κ3) is 9.51. The Morgan fingerprint density at radius 1 is 1.06 bits per heavy atom. The summed E-state index contributed by atoms with van der Waals surface area (Å²) in [6.07, 6.45) is 4.55. The minimum absolute atomic E-state index is 0.240. The summed E-state index contributed by atoms with van der Waals surface area (Å²) in [4.78, 5) is 27.8. The van der Waals surface area contributed by atoms with Gasteiger partial charge in [0.1, 0.15) is 6.61 Å². The van der Waals surface area contributed by atoms with Crippen LogP contribution in [0.4, 0.5) is 11.4 Å². The number of esters is 1. The van der Waals surface area contributed by atoms with Gasteiger partial charge in [-0.05, 0) is 84.1 Å². The van der Waals surface area contributed by atoms with Crippen LogP contribution in [0.3, 0.4) is 0 Å². The van der Waals surface area contributed by atoms with Crippen molar-refractivity contribution in [2.75, 3.05) is 50.2 Å². The maximum atomic E-state index is 13.7. The van der Waals surface area contributed by atoms with Gasteiger partial charge in [0, 0.05) is 54.2 Å². The minimum Gasteiger partial charge on any atom is -0.493 e. The van der Waals surface area contributed by atoms with E-state index in [9.17, 15) is 4.79 Å². The number of carbonyl (C=O) groups excluding carboxylic acids is 1. The summed E-state index contributed by atoms with van der Waals surface area (Å²) in [7, 11) is 3.59. The zero-order valence-corrected chi connectivity index (χ0v) is 30.4. The summed E-state index contributed by atoms with van der Waals surface area (Å²) >= 11 is 6.09. The first-order valence-corrected chi connectivity index (χ1v) is 16.7. The average Bonchev–Trinajstić information content (AvgIpc) is 3.00. The van der Waals surface area contributed by atoms with Crippen LogP contribution < -0.4 is 19.3 Å². The molecule has 0 unspecified atom stereocenters. The number of methoxy groups -OCH3 is 1. The van der Waals surface area contributed by atoms with Gasteiger partial charge >= 0.3 is 5.97 Å². The highest BCUT2D eigenvalue weighted by atomic mass is 35.5. The number of halogens is 1. The van der Waals surface area contributed by atoms with Gasteiger partial charge < -0.3 is 28.7 Å². The number of pyridine rings is 2. The second kappa shape index (κ2) is 15.1. The molecule has 9 nitrogen and oxygen atoms in total. The van der Waals surface area contributed by atoms with E-state index >= 15 is 0 Å². The Labute approximate surface area is 285 Å². The van der Waals surface area contributed by atoms with Crippen molar-refractivity contribution < 1.29 is 23.7 Å². The van der Waals surface area contributed by atoms with Crippen LogP contribution in [-0.4, -0.2) is 68.0 Å². The number of piperidine rings is 1. The molecule has 0 bridgehead atoms. The summed E-state index contributed by atoms with van der Waals surface area (Å²) < 4.78 is 23.6. The van der Waals surface area contributed by atoms with Gasteiger partial charge in [-0.1, -0.05) is 25.4 Å². The van der Waals surface area contributed by atoms with E-state index in [2.05, 4.69) is 23.6 Å². The Morgan fingerprint density at radius 2 is 1.77 bits per heavy atom. The number of hydrogen-bond acceptors (Lipinski definition) is 9. The molecular weight excluding hydrogens is 616 g/mol. The third-order valence-electron chi connectivity index (χ3n) is 8.29. The lowest BCUT2D eigenvalue weighted by molar-refractivity contribution is -0.171. The first-order chi connectivity index (χ1) is 22.1. The number of aromatic nitrogens is 2. The zero-order chi connectivity index (χ0) is 34.5. The van der Waals surface area contributed by atoms with Crippen molar-refractivity contribution in [3.8, 4) is 22.8 Å². The molecule has 0 saturated carbocycles. The molecule has 0 radical (unpaired) electrons.